The summed E-state index contributed by atoms with van der Waals surface area (Å²) in [6.07, 6.45) is 0. The van der Waals surface area contributed by atoms with Crippen molar-refractivity contribution in [1.82, 2.24) is 0 Å². The highest BCUT2D eigenvalue weighted by Crippen LogP contribution is 2.24. The lowest BCUT2D eigenvalue weighted by Crippen LogP contribution is -2.00. The minimum atomic E-state index is -0.836. The molecule has 0 aromatic heterocycles. The summed E-state index contributed by atoms with van der Waals surface area (Å²) in [5.41, 5.74) is 4.58. The average Bonchev–Trinajstić information content (AvgIpc) is 2.07. The maximum absolute atomic E-state index is 13.0. The number of halogens is 3. The third-order valence-corrected chi connectivity index (χ3v) is 1.39. The van der Waals surface area contributed by atoms with Crippen molar-refractivity contribution in [2.75, 3.05) is 12.3 Å². The number of hydrogen-bond donors (Lipinski definition) is 1. The SMILES string of the molecule is CCOc1ccc(F)c(N)c1F.Cl. The number of benzene rings is 1. The summed E-state index contributed by atoms with van der Waals surface area (Å²) < 4.78 is 30.4. The second-order valence-electron chi connectivity index (χ2n) is 2.21. The van der Waals surface area contributed by atoms with Crippen molar-refractivity contribution in [3.63, 3.8) is 0 Å². The smallest absolute Gasteiger partial charge is 0.190 e. The van der Waals surface area contributed by atoms with E-state index in [0.29, 0.717) is 6.61 Å². The predicted molar refractivity (Wildman–Crippen MR) is 49.2 cm³/mol. The van der Waals surface area contributed by atoms with E-state index in [9.17, 15) is 8.78 Å². The van der Waals surface area contributed by atoms with Gasteiger partial charge in [-0.1, -0.05) is 0 Å². The Hall–Kier alpha value is -1.03. The van der Waals surface area contributed by atoms with Crippen LogP contribution in [-0.2, 0) is 0 Å². The van der Waals surface area contributed by atoms with Crippen molar-refractivity contribution in [3.8, 4) is 5.75 Å². The molecule has 0 heterocycles. The van der Waals surface area contributed by atoms with Crippen LogP contribution in [0.3, 0.4) is 0 Å². The third-order valence-electron chi connectivity index (χ3n) is 1.39. The molecule has 0 saturated heterocycles. The molecule has 0 saturated carbocycles. The summed E-state index contributed by atoms with van der Waals surface area (Å²) in [4.78, 5) is 0. The first-order valence-electron chi connectivity index (χ1n) is 3.53. The molecule has 0 atom stereocenters. The highest BCUT2D eigenvalue weighted by Gasteiger charge is 2.10. The van der Waals surface area contributed by atoms with Crippen LogP contribution < -0.4 is 10.5 Å². The van der Waals surface area contributed by atoms with Crippen LogP contribution in [-0.4, -0.2) is 6.61 Å². The van der Waals surface area contributed by atoms with Gasteiger partial charge in [-0.15, -0.1) is 12.4 Å². The zero-order valence-corrected chi connectivity index (χ0v) is 7.83. The summed E-state index contributed by atoms with van der Waals surface area (Å²) in [6.45, 7) is 2.03. The van der Waals surface area contributed by atoms with Gasteiger partial charge in [-0.2, -0.15) is 0 Å². The molecule has 0 unspecified atom stereocenters. The van der Waals surface area contributed by atoms with E-state index in [4.69, 9.17) is 10.5 Å². The van der Waals surface area contributed by atoms with Gasteiger partial charge in [-0.25, -0.2) is 8.78 Å². The van der Waals surface area contributed by atoms with Crippen LogP contribution in [0.25, 0.3) is 0 Å². The lowest BCUT2D eigenvalue weighted by molar-refractivity contribution is 0.321. The van der Waals surface area contributed by atoms with Crippen molar-refractivity contribution in [3.05, 3.63) is 23.8 Å². The Kier molecular flexibility index (Phi) is 4.48. The van der Waals surface area contributed by atoms with Crippen LogP contribution >= 0.6 is 12.4 Å². The fourth-order valence-electron chi connectivity index (χ4n) is 0.816. The van der Waals surface area contributed by atoms with Crippen molar-refractivity contribution in [2.24, 2.45) is 0 Å². The van der Waals surface area contributed by atoms with E-state index in [1.165, 1.54) is 6.07 Å². The van der Waals surface area contributed by atoms with Gasteiger partial charge in [0.05, 0.1) is 6.61 Å². The van der Waals surface area contributed by atoms with E-state index >= 15 is 0 Å². The fraction of sp³-hybridized carbons (Fsp3) is 0.250. The monoisotopic (exact) mass is 209 g/mol. The van der Waals surface area contributed by atoms with Gasteiger partial charge in [0.2, 0.25) is 0 Å². The molecule has 0 bridgehead atoms. The van der Waals surface area contributed by atoms with E-state index in [0.717, 1.165) is 6.07 Å². The highest BCUT2D eigenvalue weighted by molar-refractivity contribution is 5.85. The van der Waals surface area contributed by atoms with E-state index < -0.39 is 17.3 Å². The molecule has 13 heavy (non-hydrogen) atoms. The molecule has 0 aliphatic rings. The minimum Gasteiger partial charge on any atom is -0.491 e. The van der Waals surface area contributed by atoms with Gasteiger partial charge in [0.25, 0.3) is 0 Å². The maximum atomic E-state index is 13.0. The van der Waals surface area contributed by atoms with Crippen LogP contribution in [0.2, 0.25) is 0 Å². The highest BCUT2D eigenvalue weighted by atomic mass is 35.5. The van der Waals surface area contributed by atoms with Gasteiger partial charge in [0.15, 0.2) is 11.6 Å². The first kappa shape index (κ1) is 12.0. The Morgan fingerprint density at radius 1 is 1.38 bits per heavy atom. The molecule has 1 aromatic rings. The molecule has 0 amide bonds. The molecule has 0 aliphatic carbocycles. The molecule has 0 aliphatic heterocycles. The first-order valence-corrected chi connectivity index (χ1v) is 3.53. The molecule has 1 rings (SSSR count). The summed E-state index contributed by atoms with van der Waals surface area (Å²) >= 11 is 0. The van der Waals surface area contributed by atoms with Gasteiger partial charge in [-0.3, -0.25) is 0 Å². The van der Waals surface area contributed by atoms with E-state index in [2.05, 4.69) is 0 Å². The topological polar surface area (TPSA) is 35.2 Å². The van der Waals surface area contributed by atoms with Crippen LogP contribution in [0.4, 0.5) is 14.5 Å². The third kappa shape index (κ3) is 2.45. The van der Waals surface area contributed by atoms with E-state index in [1.807, 2.05) is 0 Å². The number of hydrogen-bond acceptors (Lipinski definition) is 2. The van der Waals surface area contributed by atoms with Gasteiger partial charge in [-0.05, 0) is 19.1 Å². The van der Waals surface area contributed by atoms with Gasteiger partial charge in [0, 0.05) is 0 Å². The first-order chi connectivity index (χ1) is 5.66. The van der Waals surface area contributed by atoms with Gasteiger partial charge < -0.3 is 10.5 Å². The van der Waals surface area contributed by atoms with Crippen LogP contribution in [0.15, 0.2) is 12.1 Å². The molecule has 2 nitrogen and oxygen atoms in total. The molecule has 0 fully saturated rings. The zero-order chi connectivity index (χ0) is 9.14. The quantitative estimate of drug-likeness (QED) is 0.759. The molecule has 5 heteroatoms. The maximum Gasteiger partial charge on any atom is 0.190 e. The number of nitrogens with two attached hydrogens (primary N) is 1. The lowest BCUT2D eigenvalue weighted by atomic mass is 10.3. The summed E-state index contributed by atoms with van der Waals surface area (Å²) in [7, 11) is 0. The number of ether oxygens (including phenoxy) is 1. The van der Waals surface area contributed by atoms with Gasteiger partial charge in [0.1, 0.15) is 11.5 Å². The molecular formula is C8H10ClF2NO. The van der Waals surface area contributed by atoms with Crippen molar-refractivity contribution >= 4 is 18.1 Å². The van der Waals surface area contributed by atoms with Crippen LogP contribution in [0.5, 0.6) is 5.75 Å². The van der Waals surface area contributed by atoms with Crippen molar-refractivity contribution in [2.45, 2.75) is 6.92 Å². The number of nitrogen functional groups attached to an aromatic ring is 1. The molecule has 1 aromatic carbocycles. The van der Waals surface area contributed by atoms with E-state index in [1.54, 1.807) is 6.92 Å². The Bertz CT molecular complexity index is 294. The Morgan fingerprint density at radius 3 is 2.54 bits per heavy atom. The fourth-order valence-corrected chi connectivity index (χ4v) is 0.816. The summed E-state index contributed by atoms with van der Waals surface area (Å²) in [5.74, 6) is -1.62. The second-order valence-corrected chi connectivity index (χ2v) is 2.21. The average molecular weight is 210 g/mol. The van der Waals surface area contributed by atoms with Crippen molar-refractivity contribution < 1.29 is 13.5 Å². The lowest BCUT2D eigenvalue weighted by Gasteiger charge is -2.05. The van der Waals surface area contributed by atoms with Crippen molar-refractivity contribution in [1.29, 1.82) is 0 Å². The summed E-state index contributed by atoms with van der Waals surface area (Å²) in [6, 6.07) is 2.29. The van der Waals surface area contributed by atoms with Gasteiger partial charge >= 0.3 is 0 Å². The Balaban J connectivity index is 0.00000144. The molecule has 74 valence electrons. The predicted octanol–water partition coefficient (Wildman–Crippen LogP) is 2.37. The molecule has 2 N–H and O–H groups in total. The molecule has 0 spiro atoms. The second kappa shape index (κ2) is 4.87. The summed E-state index contributed by atoms with van der Waals surface area (Å²) in [5, 5.41) is 0. The normalized spacial score (nSPS) is 9.15. The Labute approximate surface area is 81.1 Å². The Morgan fingerprint density at radius 2 is 2.00 bits per heavy atom. The number of anilines is 1. The molecular weight excluding hydrogens is 200 g/mol. The standard InChI is InChI=1S/C8H9F2NO.ClH/c1-2-12-6-4-3-5(9)8(11)7(6)10;/h3-4H,2,11H2,1H3;1H. The van der Waals surface area contributed by atoms with E-state index in [-0.39, 0.29) is 18.2 Å². The zero-order valence-electron chi connectivity index (χ0n) is 7.01. The van der Waals surface area contributed by atoms with Crippen LogP contribution in [0.1, 0.15) is 6.92 Å². The largest absolute Gasteiger partial charge is 0.491 e. The number of rotatable bonds is 2. The minimum absolute atomic E-state index is 0. The molecule has 0 radical (unpaired) electrons. The van der Waals surface area contributed by atoms with Crippen LogP contribution in [0, 0.1) is 11.6 Å².